The van der Waals surface area contributed by atoms with Crippen LogP contribution in [0.25, 0.3) is 33.5 Å². The number of para-hydroxylation sites is 1. The van der Waals surface area contributed by atoms with E-state index in [-0.39, 0.29) is 5.56 Å². The Morgan fingerprint density at radius 2 is 1.41 bits per heavy atom. The molecule has 0 aliphatic heterocycles. The molecule has 29 heavy (non-hydrogen) atoms. The van der Waals surface area contributed by atoms with Crippen LogP contribution in [0.15, 0.2) is 95.9 Å². The van der Waals surface area contributed by atoms with Crippen LogP contribution in [0.5, 0.6) is 0 Å². The second-order valence-corrected chi connectivity index (χ2v) is 7.29. The van der Waals surface area contributed by atoms with Crippen molar-refractivity contribution in [3.05, 3.63) is 107 Å². The van der Waals surface area contributed by atoms with Crippen LogP contribution < -0.4 is 5.56 Å². The number of hydrogen-bond acceptors (Lipinski definition) is 1. The van der Waals surface area contributed by atoms with Crippen LogP contribution in [0.2, 0.25) is 0 Å². The highest BCUT2D eigenvalue weighted by atomic mass is 16.1. The van der Waals surface area contributed by atoms with Crippen molar-refractivity contribution in [3.8, 4) is 22.6 Å². The summed E-state index contributed by atoms with van der Waals surface area (Å²) in [5.41, 5.74) is 5.91. The molecule has 2 aromatic heterocycles. The van der Waals surface area contributed by atoms with Gasteiger partial charge in [0, 0.05) is 18.9 Å². The summed E-state index contributed by atoms with van der Waals surface area (Å²) < 4.78 is 5.80. The molecule has 0 bridgehead atoms. The lowest BCUT2D eigenvalue weighted by molar-refractivity contribution is 0.664. The second-order valence-electron chi connectivity index (χ2n) is 7.29. The summed E-state index contributed by atoms with van der Waals surface area (Å²) in [4.78, 5) is 13.6. The lowest BCUT2D eigenvalue weighted by atomic mass is 10.1. The van der Waals surface area contributed by atoms with Crippen LogP contribution in [-0.2, 0) is 7.05 Å². The third-order valence-electron chi connectivity index (χ3n) is 5.37. The zero-order valence-electron chi connectivity index (χ0n) is 16.4. The quantitative estimate of drug-likeness (QED) is 0.429. The molecule has 0 aliphatic rings. The van der Waals surface area contributed by atoms with Crippen LogP contribution in [0, 0.1) is 6.92 Å². The van der Waals surface area contributed by atoms with Gasteiger partial charge >= 0.3 is 0 Å². The standard InChI is InChI=1S/C25H21N3O/c1-18-10-9-15-21(16-18)27-17-22-23(24(27)19-11-5-3-6-12-19)25(29)28(26(22)2)20-13-7-4-8-14-20/h3-17H,1-2H3. The number of benzene rings is 3. The van der Waals surface area contributed by atoms with E-state index in [0.29, 0.717) is 0 Å². The molecule has 5 aromatic rings. The Morgan fingerprint density at radius 1 is 0.759 bits per heavy atom. The lowest BCUT2D eigenvalue weighted by Gasteiger charge is -2.12. The van der Waals surface area contributed by atoms with Gasteiger partial charge in [-0.1, -0.05) is 60.7 Å². The second kappa shape index (κ2) is 6.67. The van der Waals surface area contributed by atoms with Crippen molar-refractivity contribution in [2.45, 2.75) is 6.92 Å². The molecule has 5 rings (SSSR count). The van der Waals surface area contributed by atoms with Gasteiger partial charge in [-0.3, -0.25) is 9.48 Å². The van der Waals surface area contributed by atoms with Gasteiger partial charge < -0.3 is 4.57 Å². The first-order valence-electron chi connectivity index (χ1n) is 9.66. The molecule has 142 valence electrons. The minimum atomic E-state index is -0.0149. The normalized spacial score (nSPS) is 11.2. The predicted octanol–water partition coefficient (Wildman–Crippen LogP) is 5.10. The Kier molecular flexibility index (Phi) is 3.98. The third kappa shape index (κ3) is 2.72. The fraction of sp³-hybridized carbons (Fsp3) is 0.0800. The zero-order chi connectivity index (χ0) is 20.0. The zero-order valence-corrected chi connectivity index (χ0v) is 16.4. The largest absolute Gasteiger partial charge is 0.314 e. The van der Waals surface area contributed by atoms with Crippen LogP contribution in [0.1, 0.15) is 5.56 Å². The van der Waals surface area contributed by atoms with Crippen LogP contribution in [0.3, 0.4) is 0 Å². The van der Waals surface area contributed by atoms with Crippen molar-refractivity contribution in [1.29, 1.82) is 0 Å². The van der Waals surface area contributed by atoms with Crippen LogP contribution in [-0.4, -0.2) is 13.9 Å². The maximum absolute atomic E-state index is 13.6. The Morgan fingerprint density at radius 3 is 2.10 bits per heavy atom. The van der Waals surface area contributed by atoms with Crippen molar-refractivity contribution in [3.63, 3.8) is 0 Å². The highest BCUT2D eigenvalue weighted by Crippen LogP contribution is 2.32. The van der Waals surface area contributed by atoms with Crippen LogP contribution in [0.4, 0.5) is 0 Å². The summed E-state index contributed by atoms with van der Waals surface area (Å²) in [5.74, 6) is 0. The number of fused-ring (bicyclic) bond motifs is 1. The lowest BCUT2D eigenvalue weighted by Crippen LogP contribution is -2.20. The molecule has 0 radical (unpaired) electrons. The molecule has 4 heteroatoms. The predicted molar refractivity (Wildman–Crippen MR) is 118 cm³/mol. The van der Waals surface area contributed by atoms with E-state index in [1.54, 1.807) is 4.68 Å². The van der Waals surface area contributed by atoms with Crippen molar-refractivity contribution in [2.75, 3.05) is 0 Å². The number of hydrogen-bond donors (Lipinski definition) is 0. The van der Waals surface area contributed by atoms with Crippen molar-refractivity contribution < 1.29 is 0 Å². The molecule has 0 unspecified atom stereocenters. The number of aromatic nitrogens is 3. The molecule has 0 saturated carbocycles. The summed E-state index contributed by atoms with van der Waals surface area (Å²) in [6.07, 6.45) is 2.06. The average Bonchev–Trinajstić information content (AvgIpc) is 3.26. The van der Waals surface area contributed by atoms with Crippen molar-refractivity contribution in [2.24, 2.45) is 7.05 Å². The van der Waals surface area contributed by atoms with E-state index in [2.05, 4.69) is 48.0 Å². The monoisotopic (exact) mass is 379 g/mol. The topological polar surface area (TPSA) is 31.9 Å². The van der Waals surface area contributed by atoms with E-state index in [1.165, 1.54) is 5.56 Å². The van der Waals surface area contributed by atoms with Gasteiger partial charge in [0.05, 0.1) is 22.3 Å². The van der Waals surface area contributed by atoms with Gasteiger partial charge in [-0.2, -0.15) is 0 Å². The van der Waals surface area contributed by atoms with Gasteiger partial charge in [-0.25, -0.2) is 4.68 Å². The first-order valence-corrected chi connectivity index (χ1v) is 9.66. The number of nitrogens with zero attached hydrogens (tertiary/aromatic N) is 3. The Balaban J connectivity index is 1.89. The molecule has 0 aliphatic carbocycles. The fourth-order valence-electron chi connectivity index (χ4n) is 4.02. The highest BCUT2D eigenvalue weighted by Gasteiger charge is 2.22. The van der Waals surface area contributed by atoms with E-state index in [0.717, 1.165) is 33.5 Å². The summed E-state index contributed by atoms with van der Waals surface area (Å²) in [7, 11) is 1.94. The molecule has 0 atom stereocenters. The number of rotatable bonds is 3. The highest BCUT2D eigenvalue weighted by molar-refractivity contribution is 5.95. The van der Waals surface area contributed by atoms with E-state index >= 15 is 0 Å². The Bertz CT molecular complexity index is 1370. The van der Waals surface area contributed by atoms with Gasteiger partial charge in [-0.05, 0) is 42.3 Å². The fourth-order valence-corrected chi connectivity index (χ4v) is 4.02. The third-order valence-corrected chi connectivity index (χ3v) is 5.37. The van der Waals surface area contributed by atoms with Gasteiger partial charge in [0.25, 0.3) is 5.56 Å². The SMILES string of the molecule is Cc1cccc(-n2cc3c(c2-c2ccccc2)c(=O)n(-c2ccccc2)n3C)c1. The minimum Gasteiger partial charge on any atom is -0.314 e. The van der Waals surface area contributed by atoms with Crippen molar-refractivity contribution >= 4 is 10.9 Å². The molecule has 3 aromatic carbocycles. The van der Waals surface area contributed by atoms with E-state index in [1.807, 2.05) is 66.3 Å². The molecule has 0 spiro atoms. The first kappa shape index (κ1) is 17.3. The van der Waals surface area contributed by atoms with Gasteiger partial charge in [0.15, 0.2) is 0 Å². The smallest absolute Gasteiger partial charge is 0.281 e. The molecule has 4 nitrogen and oxygen atoms in total. The van der Waals surface area contributed by atoms with E-state index in [9.17, 15) is 4.79 Å². The first-order chi connectivity index (χ1) is 14.1. The van der Waals surface area contributed by atoms with Gasteiger partial charge in [0.1, 0.15) is 0 Å². The summed E-state index contributed by atoms with van der Waals surface area (Å²) >= 11 is 0. The summed E-state index contributed by atoms with van der Waals surface area (Å²) in [5, 5.41) is 0.726. The van der Waals surface area contributed by atoms with Crippen LogP contribution >= 0.6 is 0 Å². The molecule has 0 amide bonds. The van der Waals surface area contributed by atoms with Crippen molar-refractivity contribution in [1.82, 2.24) is 13.9 Å². The van der Waals surface area contributed by atoms with E-state index < -0.39 is 0 Å². The Labute approximate surface area is 168 Å². The molecule has 0 saturated heterocycles. The molecular weight excluding hydrogens is 358 g/mol. The maximum atomic E-state index is 13.6. The maximum Gasteiger partial charge on any atom is 0.281 e. The number of aryl methyl sites for hydroxylation is 2. The molecular formula is C25H21N3O. The van der Waals surface area contributed by atoms with Gasteiger partial charge in [-0.15, -0.1) is 0 Å². The summed E-state index contributed by atoms with van der Waals surface area (Å²) in [6, 6.07) is 28.2. The molecule has 0 fully saturated rings. The van der Waals surface area contributed by atoms with E-state index in [4.69, 9.17) is 0 Å². The average molecular weight is 379 g/mol. The Hall–Kier alpha value is -3.79. The van der Waals surface area contributed by atoms with Gasteiger partial charge in [0.2, 0.25) is 0 Å². The molecule has 2 heterocycles. The molecule has 0 N–H and O–H groups in total. The summed E-state index contributed by atoms with van der Waals surface area (Å²) in [6.45, 7) is 2.08. The minimum absolute atomic E-state index is 0.0149.